The first-order valence-corrected chi connectivity index (χ1v) is 7.86. The molecule has 1 aromatic heterocycles. The molecule has 0 atom stereocenters. The third-order valence-corrected chi connectivity index (χ3v) is 4.24. The maximum absolute atomic E-state index is 11.7. The van der Waals surface area contributed by atoms with Gasteiger partial charge >= 0.3 is 0 Å². The fourth-order valence-corrected chi connectivity index (χ4v) is 2.77. The van der Waals surface area contributed by atoms with Gasteiger partial charge in [0.15, 0.2) is 0 Å². The van der Waals surface area contributed by atoms with Crippen LogP contribution in [0, 0.1) is 0 Å². The van der Waals surface area contributed by atoms with Crippen molar-refractivity contribution in [2.24, 2.45) is 7.05 Å². The van der Waals surface area contributed by atoms with Crippen molar-refractivity contribution < 1.29 is 4.79 Å². The third kappa shape index (κ3) is 4.87. The zero-order valence-electron chi connectivity index (χ0n) is 11.2. The van der Waals surface area contributed by atoms with Crippen LogP contribution >= 0.6 is 35.0 Å². The summed E-state index contributed by atoms with van der Waals surface area (Å²) in [6.45, 7) is 0.512. The summed E-state index contributed by atoms with van der Waals surface area (Å²) in [5.41, 5.74) is 0.950. The molecule has 0 spiro atoms. The van der Waals surface area contributed by atoms with Crippen molar-refractivity contribution in [2.45, 2.75) is 11.6 Å². The molecule has 0 saturated heterocycles. The Hall–Kier alpha value is -1.31. The highest BCUT2D eigenvalue weighted by molar-refractivity contribution is 7.99. The van der Waals surface area contributed by atoms with E-state index in [1.165, 1.54) is 16.4 Å². The van der Waals surface area contributed by atoms with Gasteiger partial charge in [0.1, 0.15) is 0 Å². The fourth-order valence-electron chi connectivity index (χ4n) is 1.59. The second-order valence-electron chi connectivity index (χ2n) is 4.21. The number of nitrogens with one attached hydrogen (secondary N) is 1. The Morgan fingerprint density at radius 2 is 2.24 bits per heavy atom. The molecule has 21 heavy (non-hydrogen) atoms. The molecule has 0 aliphatic rings. The molecule has 1 aromatic carbocycles. The highest BCUT2D eigenvalue weighted by Crippen LogP contribution is 2.21. The Morgan fingerprint density at radius 3 is 2.90 bits per heavy atom. The number of halogens is 2. The number of amides is 1. The van der Waals surface area contributed by atoms with Gasteiger partial charge in [-0.05, 0) is 34.5 Å². The SMILES string of the molecule is Cn1nnnc1SCC(=O)NCCc1ccc(Cl)cc1Cl. The summed E-state index contributed by atoms with van der Waals surface area (Å²) < 4.78 is 1.52. The smallest absolute Gasteiger partial charge is 0.230 e. The van der Waals surface area contributed by atoms with Crippen molar-refractivity contribution in [3.8, 4) is 0 Å². The topological polar surface area (TPSA) is 72.7 Å². The Labute approximate surface area is 136 Å². The van der Waals surface area contributed by atoms with E-state index in [-0.39, 0.29) is 11.7 Å². The van der Waals surface area contributed by atoms with Crippen LogP contribution in [0.15, 0.2) is 23.4 Å². The van der Waals surface area contributed by atoms with Gasteiger partial charge in [0.2, 0.25) is 11.1 Å². The van der Waals surface area contributed by atoms with Gasteiger partial charge in [0.25, 0.3) is 0 Å². The van der Waals surface area contributed by atoms with E-state index in [2.05, 4.69) is 20.8 Å². The number of hydrogen-bond donors (Lipinski definition) is 1. The summed E-state index contributed by atoms with van der Waals surface area (Å²) in [5, 5.41) is 15.6. The summed E-state index contributed by atoms with van der Waals surface area (Å²) in [5.74, 6) is 0.191. The lowest BCUT2D eigenvalue weighted by Crippen LogP contribution is -2.27. The lowest BCUT2D eigenvalue weighted by atomic mass is 10.1. The lowest BCUT2D eigenvalue weighted by Gasteiger charge is -2.06. The van der Waals surface area contributed by atoms with Crippen molar-refractivity contribution in [1.82, 2.24) is 25.5 Å². The molecular weight excluding hydrogens is 333 g/mol. The van der Waals surface area contributed by atoms with Crippen LogP contribution in [0.25, 0.3) is 0 Å². The first-order chi connectivity index (χ1) is 10.1. The first-order valence-electron chi connectivity index (χ1n) is 6.12. The monoisotopic (exact) mass is 345 g/mol. The number of benzene rings is 1. The van der Waals surface area contributed by atoms with E-state index in [1.54, 1.807) is 19.2 Å². The molecule has 1 heterocycles. The highest BCUT2D eigenvalue weighted by Gasteiger charge is 2.08. The maximum atomic E-state index is 11.7. The van der Waals surface area contributed by atoms with Gasteiger partial charge < -0.3 is 5.32 Å². The quantitative estimate of drug-likeness (QED) is 0.810. The van der Waals surface area contributed by atoms with E-state index in [9.17, 15) is 4.79 Å². The number of carbonyl (C=O) groups is 1. The molecular formula is C12H13Cl2N5OS. The van der Waals surface area contributed by atoms with E-state index >= 15 is 0 Å². The van der Waals surface area contributed by atoms with Gasteiger partial charge in [0.05, 0.1) is 5.75 Å². The average molecular weight is 346 g/mol. The fraction of sp³-hybridized carbons (Fsp3) is 0.333. The second-order valence-corrected chi connectivity index (χ2v) is 6.00. The molecule has 9 heteroatoms. The summed E-state index contributed by atoms with van der Waals surface area (Å²) >= 11 is 13.2. The number of nitrogens with zero attached hydrogens (tertiary/aromatic N) is 4. The standard InChI is InChI=1S/C12H13Cl2N5OS/c1-19-12(16-17-18-19)21-7-11(20)15-5-4-8-2-3-9(13)6-10(8)14/h2-3,6H,4-5,7H2,1H3,(H,15,20). The predicted octanol–water partition coefficient (Wildman–Crippen LogP) is 1.97. The number of thioether (sulfide) groups is 1. The highest BCUT2D eigenvalue weighted by atomic mass is 35.5. The van der Waals surface area contributed by atoms with Crippen molar-refractivity contribution in [3.05, 3.63) is 33.8 Å². The molecule has 6 nitrogen and oxygen atoms in total. The Kier molecular flexibility index (Phi) is 5.84. The van der Waals surface area contributed by atoms with Crippen LogP contribution in [0.3, 0.4) is 0 Å². The predicted molar refractivity (Wildman–Crippen MR) is 82.7 cm³/mol. The minimum atomic E-state index is -0.0758. The molecule has 1 N–H and O–H groups in total. The van der Waals surface area contributed by atoms with Crippen molar-refractivity contribution in [3.63, 3.8) is 0 Å². The largest absolute Gasteiger partial charge is 0.355 e. The van der Waals surface area contributed by atoms with E-state index in [0.29, 0.717) is 28.2 Å². The number of tetrazole rings is 1. The summed E-state index contributed by atoms with van der Waals surface area (Å²) in [6, 6.07) is 5.33. The molecule has 0 unspecified atom stereocenters. The van der Waals surface area contributed by atoms with Gasteiger partial charge in [-0.25, -0.2) is 4.68 Å². The van der Waals surface area contributed by atoms with Crippen LogP contribution < -0.4 is 5.32 Å². The molecule has 0 fully saturated rings. The molecule has 0 aliphatic carbocycles. The summed E-state index contributed by atoms with van der Waals surface area (Å²) in [6.07, 6.45) is 0.651. The molecule has 112 valence electrons. The maximum Gasteiger partial charge on any atom is 0.230 e. The van der Waals surface area contributed by atoms with Crippen molar-refractivity contribution in [1.29, 1.82) is 0 Å². The van der Waals surface area contributed by atoms with Gasteiger partial charge in [0, 0.05) is 23.6 Å². The molecule has 1 amide bonds. The van der Waals surface area contributed by atoms with Crippen LogP contribution in [0.1, 0.15) is 5.56 Å². The first kappa shape index (κ1) is 16.1. The third-order valence-electron chi connectivity index (χ3n) is 2.65. The van der Waals surface area contributed by atoms with Crippen LogP contribution in [0.2, 0.25) is 10.0 Å². The van der Waals surface area contributed by atoms with Crippen LogP contribution in [0.5, 0.6) is 0 Å². The number of aromatic nitrogens is 4. The van der Waals surface area contributed by atoms with E-state index in [4.69, 9.17) is 23.2 Å². The summed E-state index contributed by atoms with van der Waals surface area (Å²) in [7, 11) is 1.72. The van der Waals surface area contributed by atoms with Gasteiger partial charge in [-0.2, -0.15) is 0 Å². The minimum Gasteiger partial charge on any atom is -0.355 e. The van der Waals surface area contributed by atoms with E-state index in [0.717, 1.165) is 5.56 Å². The minimum absolute atomic E-state index is 0.0758. The van der Waals surface area contributed by atoms with Crippen LogP contribution in [0.4, 0.5) is 0 Å². The van der Waals surface area contributed by atoms with Gasteiger partial charge in [-0.3, -0.25) is 4.79 Å². The Balaban J connectivity index is 1.73. The second kappa shape index (κ2) is 7.63. The number of hydrogen-bond acceptors (Lipinski definition) is 5. The zero-order chi connectivity index (χ0) is 15.2. The molecule has 0 saturated carbocycles. The summed E-state index contributed by atoms with van der Waals surface area (Å²) in [4.78, 5) is 11.7. The number of carbonyl (C=O) groups excluding carboxylic acids is 1. The average Bonchev–Trinajstić information content (AvgIpc) is 2.84. The van der Waals surface area contributed by atoms with Crippen molar-refractivity contribution in [2.75, 3.05) is 12.3 Å². The molecule has 2 aromatic rings. The van der Waals surface area contributed by atoms with Crippen LogP contribution in [-0.4, -0.2) is 38.4 Å². The molecule has 0 radical (unpaired) electrons. The number of rotatable bonds is 6. The molecule has 0 bridgehead atoms. The normalized spacial score (nSPS) is 10.6. The Bertz CT molecular complexity index is 634. The van der Waals surface area contributed by atoms with E-state index < -0.39 is 0 Å². The lowest BCUT2D eigenvalue weighted by molar-refractivity contribution is -0.118. The van der Waals surface area contributed by atoms with E-state index in [1.807, 2.05) is 6.07 Å². The van der Waals surface area contributed by atoms with Crippen molar-refractivity contribution >= 4 is 40.9 Å². The zero-order valence-corrected chi connectivity index (χ0v) is 13.5. The van der Waals surface area contributed by atoms with Gasteiger partial charge in [-0.15, -0.1) is 5.10 Å². The number of aryl methyl sites for hydroxylation is 1. The molecule has 0 aliphatic heterocycles. The van der Waals surface area contributed by atoms with Gasteiger partial charge in [-0.1, -0.05) is 41.0 Å². The molecule has 2 rings (SSSR count). The Morgan fingerprint density at radius 1 is 1.43 bits per heavy atom. The van der Waals surface area contributed by atoms with Crippen LogP contribution in [-0.2, 0) is 18.3 Å².